The van der Waals surface area contributed by atoms with Crippen LogP contribution in [0.1, 0.15) is 6.42 Å². The van der Waals surface area contributed by atoms with E-state index in [0.29, 0.717) is 0 Å². The van der Waals surface area contributed by atoms with Crippen LogP contribution in [-0.4, -0.2) is 29.7 Å². The molecule has 0 saturated carbocycles. The Balaban J connectivity index is 2.71. The predicted molar refractivity (Wildman–Crippen MR) is 46.8 cm³/mol. The van der Waals surface area contributed by atoms with Gasteiger partial charge in [-0.2, -0.15) is 0 Å². The molecule has 0 bridgehead atoms. The van der Waals surface area contributed by atoms with Gasteiger partial charge in [0.15, 0.2) is 0 Å². The van der Waals surface area contributed by atoms with E-state index in [-0.39, 0.29) is 17.9 Å². The van der Waals surface area contributed by atoms with Gasteiger partial charge >= 0.3 is 5.97 Å². The van der Waals surface area contributed by atoms with Crippen LogP contribution >= 0.6 is 0 Å². The summed E-state index contributed by atoms with van der Waals surface area (Å²) >= 11 is 0. The summed E-state index contributed by atoms with van der Waals surface area (Å²) in [6, 6.07) is 0. The maximum absolute atomic E-state index is 11.2. The first-order valence-electron chi connectivity index (χ1n) is 3.89. The van der Waals surface area contributed by atoms with E-state index in [1.54, 1.807) is 0 Å². The zero-order valence-electron chi connectivity index (χ0n) is 7.65. The molecule has 0 aromatic carbocycles. The lowest BCUT2D eigenvalue weighted by Crippen LogP contribution is -2.23. The molecule has 1 aliphatic heterocycles. The van der Waals surface area contributed by atoms with Crippen LogP contribution in [0.15, 0.2) is 24.5 Å². The third-order valence-corrected chi connectivity index (χ3v) is 1.78. The zero-order valence-corrected chi connectivity index (χ0v) is 7.65. The number of ether oxygens (including phenoxy) is 1. The molecule has 74 valence electrons. The number of imide groups is 1. The molecule has 2 amide bonds. The number of carbonyl (C=O) groups is 3. The molecule has 0 aromatic rings. The average Bonchev–Trinajstić information content (AvgIpc) is 2.42. The van der Waals surface area contributed by atoms with Gasteiger partial charge in [-0.25, -0.2) is 4.79 Å². The van der Waals surface area contributed by atoms with E-state index in [1.165, 1.54) is 7.05 Å². The second kappa shape index (κ2) is 3.87. The van der Waals surface area contributed by atoms with Gasteiger partial charge in [-0.1, -0.05) is 6.58 Å². The molecule has 0 atom stereocenters. The largest absolute Gasteiger partial charge is 0.431 e. The molecule has 0 aromatic heterocycles. The van der Waals surface area contributed by atoms with Crippen molar-refractivity contribution in [1.29, 1.82) is 0 Å². The summed E-state index contributed by atoms with van der Waals surface area (Å²) in [5.41, 5.74) is 0.174. The van der Waals surface area contributed by atoms with Crippen molar-refractivity contribution in [2.75, 3.05) is 7.05 Å². The van der Waals surface area contributed by atoms with Crippen LogP contribution in [0.25, 0.3) is 0 Å². The van der Waals surface area contributed by atoms with Crippen molar-refractivity contribution in [2.45, 2.75) is 6.42 Å². The van der Waals surface area contributed by atoms with Gasteiger partial charge in [0.1, 0.15) is 6.26 Å². The van der Waals surface area contributed by atoms with Gasteiger partial charge < -0.3 is 4.74 Å². The van der Waals surface area contributed by atoms with Gasteiger partial charge in [-0.15, -0.1) is 0 Å². The number of rotatable bonds is 2. The van der Waals surface area contributed by atoms with E-state index >= 15 is 0 Å². The fraction of sp³-hybridized carbons (Fsp3) is 0.222. The number of amides is 2. The molecule has 1 fully saturated rings. The van der Waals surface area contributed by atoms with Crippen molar-refractivity contribution in [3.05, 3.63) is 24.5 Å². The summed E-state index contributed by atoms with van der Waals surface area (Å²) in [6.45, 7) is 3.19. The van der Waals surface area contributed by atoms with Crippen molar-refractivity contribution >= 4 is 17.8 Å². The molecule has 0 unspecified atom stereocenters. The van der Waals surface area contributed by atoms with Crippen LogP contribution < -0.4 is 0 Å². The summed E-state index contributed by atoms with van der Waals surface area (Å²) in [5, 5.41) is 0. The van der Waals surface area contributed by atoms with E-state index in [2.05, 4.69) is 11.3 Å². The fourth-order valence-corrected chi connectivity index (χ4v) is 0.955. The number of carbonyl (C=O) groups excluding carboxylic acids is 3. The van der Waals surface area contributed by atoms with Gasteiger partial charge in [0.05, 0.1) is 12.0 Å². The van der Waals surface area contributed by atoms with E-state index < -0.39 is 11.9 Å². The molecule has 1 rings (SSSR count). The Labute approximate surface area is 80.6 Å². The van der Waals surface area contributed by atoms with Crippen LogP contribution in [0.4, 0.5) is 0 Å². The van der Waals surface area contributed by atoms with Crippen LogP contribution in [0.2, 0.25) is 0 Å². The van der Waals surface area contributed by atoms with Crippen molar-refractivity contribution < 1.29 is 19.1 Å². The molecule has 5 nitrogen and oxygen atoms in total. The SMILES string of the molecule is C=CC(=O)OC=C1CC(=O)N(C)C1=O. The van der Waals surface area contributed by atoms with E-state index in [1.807, 2.05) is 0 Å². The molecule has 14 heavy (non-hydrogen) atoms. The molecule has 0 aliphatic carbocycles. The molecule has 0 spiro atoms. The lowest BCUT2D eigenvalue weighted by molar-refractivity contribution is -0.135. The van der Waals surface area contributed by atoms with Crippen LogP contribution in [0, 0.1) is 0 Å². The first-order chi connectivity index (χ1) is 6.56. The fourth-order valence-electron chi connectivity index (χ4n) is 0.955. The van der Waals surface area contributed by atoms with Gasteiger partial charge in [-0.05, 0) is 0 Å². The number of nitrogens with zero attached hydrogens (tertiary/aromatic N) is 1. The lowest BCUT2D eigenvalue weighted by atomic mass is 10.2. The number of likely N-dealkylation sites (N-methyl/N-ethyl adjacent to an activating group) is 1. The van der Waals surface area contributed by atoms with Crippen molar-refractivity contribution in [3.63, 3.8) is 0 Å². The standard InChI is InChI=1S/C9H9NO4/c1-3-8(12)14-5-6-4-7(11)10(2)9(6)13/h3,5H,1,4H2,2H3. The van der Waals surface area contributed by atoms with E-state index in [4.69, 9.17) is 0 Å². The molecule has 1 saturated heterocycles. The summed E-state index contributed by atoms with van der Waals surface area (Å²) in [4.78, 5) is 33.9. The highest BCUT2D eigenvalue weighted by Crippen LogP contribution is 2.16. The molecule has 0 N–H and O–H groups in total. The van der Waals surface area contributed by atoms with Crippen molar-refractivity contribution in [3.8, 4) is 0 Å². The second-order valence-electron chi connectivity index (χ2n) is 2.72. The smallest absolute Gasteiger partial charge is 0.334 e. The number of esters is 1. The van der Waals surface area contributed by atoms with E-state index in [0.717, 1.165) is 17.2 Å². The average molecular weight is 195 g/mol. The number of hydrogen-bond donors (Lipinski definition) is 0. The maximum atomic E-state index is 11.2. The lowest BCUT2D eigenvalue weighted by Gasteiger charge is -2.02. The number of likely N-dealkylation sites (tertiary alicyclic amines) is 1. The third-order valence-electron chi connectivity index (χ3n) is 1.78. The second-order valence-corrected chi connectivity index (χ2v) is 2.72. The van der Waals surface area contributed by atoms with Crippen LogP contribution in [0.3, 0.4) is 0 Å². The predicted octanol–water partition coefficient (Wildman–Crippen LogP) is -0.0118. The minimum Gasteiger partial charge on any atom is -0.431 e. The highest BCUT2D eigenvalue weighted by Gasteiger charge is 2.31. The van der Waals surface area contributed by atoms with Gasteiger partial charge in [0.25, 0.3) is 5.91 Å². The molecule has 1 aliphatic rings. The first-order valence-corrected chi connectivity index (χ1v) is 3.89. The van der Waals surface area contributed by atoms with E-state index in [9.17, 15) is 14.4 Å². The monoisotopic (exact) mass is 195 g/mol. The molecular weight excluding hydrogens is 186 g/mol. The topological polar surface area (TPSA) is 63.7 Å². The van der Waals surface area contributed by atoms with Crippen molar-refractivity contribution in [2.24, 2.45) is 0 Å². The normalized spacial score (nSPS) is 18.9. The molecular formula is C9H9NO4. The quantitative estimate of drug-likeness (QED) is 0.269. The van der Waals surface area contributed by atoms with Crippen molar-refractivity contribution in [1.82, 2.24) is 4.90 Å². The first kappa shape index (κ1) is 10.2. The maximum Gasteiger partial charge on any atom is 0.334 e. The highest BCUT2D eigenvalue weighted by atomic mass is 16.5. The Kier molecular flexibility index (Phi) is 2.81. The minimum atomic E-state index is -0.660. The summed E-state index contributed by atoms with van der Waals surface area (Å²) in [6.07, 6.45) is 1.94. The van der Waals surface area contributed by atoms with Gasteiger partial charge in [0, 0.05) is 13.1 Å². The Morgan fingerprint density at radius 1 is 1.57 bits per heavy atom. The Morgan fingerprint density at radius 2 is 2.21 bits per heavy atom. The zero-order chi connectivity index (χ0) is 10.7. The minimum absolute atomic E-state index is 0.0280. The summed E-state index contributed by atoms with van der Waals surface area (Å²) < 4.78 is 4.52. The Bertz CT molecular complexity index is 343. The molecule has 0 radical (unpaired) electrons. The Morgan fingerprint density at radius 3 is 2.64 bits per heavy atom. The molecule has 1 heterocycles. The Hall–Kier alpha value is -1.91. The van der Waals surface area contributed by atoms with Crippen LogP contribution in [0.5, 0.6) is 0 Å². The van der Waals surface area contributed by atoms with Crippen LogP contribution in [-0.2, 0) is 19.1 Å². The van der Waals surface area contributed by atoms with Gasteiger partial charge in [-0.3, -0.25) is 14.5 Å². The van der Waals surface area contributed by atoms with Gasteiger partial charge in [0.2, 0.25) is 5.91 Å². The number of hydrogen-bond acceptors (Lipinski definition) is 4. The highest BCUT2D eigenvalue weighted by molar-refractivity contribution is 6.13. The summed E-state index contributed by atoms with van der Waals surface area (Å²) in [7, 11) is 1.38. The summed E-state index contributed by atoms with van der Waals surface area (Å²) in [5.74, 6) is -1.41. The molecule has 5 heteroatoms. The third kappa shape index (κ3) is 1.87.